The molecule has 0 saturated heterocycles. The SMILES string of the molecule is CCC=C(C)C(=O)NCc1nc(-c2cccc(Cl)c2)no1. The molecule has 0 aliphatic carbocycles. The van der Waals surface area contributed by atoms with Crippen LogP contribution in [0.5, 0.6) is 0 Å². The summed E-state index contributed by atoms with van der Waals surface area (Å²) in [5.74, 6) is 0.657. The van der Waals surface area contributed by atoms with Gasteiger partial charge in [0.1, 0.15) is 0 Å². The van der Waals surface area contributed by atoms with Crippen LogP contribution >= 0.6 is 11.6 Å². The first-order valence-electron chi connectivity index (χ1n) is 6.63. The summed E-state index contributed by atoms with van der Waals surface area (Å²) >= 11 is 5.92. The van der Waals surface area contributed by atoms with Gasteiger partial charge in [0.05, 0.1) is 6.54 Å². The van der Waals surface area contributed by atoms with E-state index in [2.05, 4.69) is 15.5 Å². The van der Waals surface area contributed by atoms with Crippen LogP contribution in [0.3, 0.4) is 0 Å². The zero-order chi connectivity index (χ0) is 15.2. The Balaban J connectivity index is 2.01. The highest BCUT2D eigenvalue weighted by Gasteiger charge is 2.10. The fraction of sp³-hybridized carbons (Fsp3) is 0.267. The summed E-state index contributed by atoms with van der Waals surface area (Å²) in [6.45, 7) is 3.94. The molecule has 1 amide bonds. The van der Waals surface area contributed by atoms with Gasteiger partial charge >= 0.3 is 0 Å². The van der Waals surface area contributed by atoms with Gasteiger partial charge in [0.25, 0.3) is 0 Å². The Morgan fingerprint density at radius 2 is 2.29 bits per heavy atom. The number of carbonyl (C=O) groups is 1. The second-order valence-corrected chi connectivity index (χ2v) is 4.94. The van der Waals surface area contributed by atoms with Crippen molar-refractivity contribution in [2.75, 3.05) is 0 Å². The molecule has 1 aromatic heterocycles. The van der Waals surface area contributed by atoms with Crippen molar-refractivity contribution < 1.29 is 9.32 Å². The van der Waals surface area contributed by atoms with Crippen LogP contribution in [0.4, 0.5) is 0 Å². The number of nitrogens with one attached hydrogen (secondary N) is 1. The lowest BCUT2D eigenvalue weighted by molar-refractivity contribution is -0.117. The summed E-state index contributed by atoms with van der Waals surface area (Å²) in [4.78, 5) is 16.0. The number of allylic oxidation sites excluding steroid dienone is 1. The Bertz CT molecular complexity index is 664. The van der Waals surface area contributed by atoms with Gasteiger partial charge in [-0.25, -0.2) is 0 Å². The van der Waals surface area contributed by atoms with Crippen molar-refractivity contribution >= 4 is 17.5 Å². The monoisotopic (exact) mass is 305 g/mol. The standard InChI is InChI=1S/C15H16ClN3O2/c1-3-5-10(2)15(20)17-9-13-18-14(19-21-13)11-6-4-7-12(16)8-11/h4-8H,3,9H2,1-2H3,(H,17,20). The van der Waals surface area contributed by atoms with Crippen molar-refractivity contribution in [1.29, 1.82) is 0 Å². The molecule has 0 saturated carbocycles. The summed E-state index contributed by atoms with van der Waals surface area (Å²) < 4.78 is 5.11. The average molecular weight is 306 g/mol. The number of carbonyl (C=O) groups excluding carboxylic acids is 1. The summed E-state index contributed by atoms with van der Waals surface area (Å²) in [5, 5.41) is 7.21. The maximum Gasteiger partial charge on any atom is 0.247 e. The lowest BCUT2D eigenvalue weighted by Gasteiger charge is -2.01. The fourth-order valence-corrected chi connectivity index (χ4v) is 1.96. The van der Waals surface area contributed by atoms with E-state index in [1.54, 1.807) is 19.1 Å². The van der Waals surface area contributed by atoms with E-state index >= 15 is 0 Å². The van der Waals surface area contributed by atoms with Gasteiger partial charge in [-0.2, -0.15) is 4.98 Å². The van der Waals surface area contributed by atoms with E-state index in [9.17, 15) is 4.79 Å². The van der Waals surface area contributed by atoms with E-state index in [-0.39, 0.29) is 12.5 Å². The number of nitrogens with zero attached hydrogens (tertiary/aromatic N) is 2. The number of halogens is 1. The predicted octanol–water partition coefficient (Wildman–Crippen LogP) is 3.36. The van der Waals surface area contributed by atoms with E-state index in [1.165, 1.54) is 0 Å². The molecule has 2 aromatic rings. The molecular weight excluding hydrogens is 290 g/mol. The molecule has 1 N–H and O–H groups in total. The van der Waals surface area contributed by atoms with Crippen molar-refractivity contribution in [3.05, 3.63) is 46.8 Å². The fourth-order valence-electron chi connectivity index (χ4n) is 1.77. The van der Waals surface area contributed by atoms with Crippen LogP contribution in [-0.2, 0) is 11.3 Å². The molecule has 1 aromatic carbocycles. The molecule has 0 fully saturated rings. The van der Waals surface area contributed by atoms with E-state index in [1.807, 2.05) is 25.1 Å². The summed E-state index contributed by atoms with van der Waals surface area (Å²) in [6, 6.07) is 7.18. The topological polar surface area (TPSA) is 68.0 Å². The van der Waals surface area contributed by atoms with Crippen molar-refractivity contribution in [1.82, 2.24) is 15.5 Å². The zero-order valence-corrected chi connectivity index (χ0v) is 12.6. The van der Waals surface area contributed by atoms with Crippen LogP contribution in [0.15, 0.2) is 40.4 Å². The van der Waals surface area contributed by atoms with Gasteiger partial charge in [-0.3, -0.25) is 4.79 Å². The molecule has 2 rings (SSSR count). The van der Waals surface area contributed by atoms with Crippen LogP contribution in [0.2, 0.25) is 5.02 Å². The number of hydrogen-bond acceptors (Lipinski definition) is 4. The highest BCUT2D eigenvalue weighted by Crippen LogP contribution is 2.19. The van der Waals surface area contributed by atoms with E-state index < -0.39 is 0 Å². The lowest BCUT2D eigenvalue weighted by Crippen LogP contribution is -2.23. The third-order valence-electron chi connectivity index (χ3n) is 2.82. The van der Waals surface area contributed by atoms with Gasteiger partial charge in [0, 0.05) is 16.2 Å². The lowest BCUT2D eigenvalue weighted by atomic mass is 10.2. The number of benzene rings is 1. The van der Waals surface area contributed by atoms with Crippen molar-refractivity contribution in [3.8, 4) is 11.4 Å². The molecule has 0 radical (unpaired) electrons. The van der Waals surface area contributed by atoms with Crippen molar-refractivity contribution in [3.63, 3.8) is 0 Å². The van der Waals surface area contributed by atoms with E-state index in [0.29, 0.717) is 22.3 Å². The second kappa shape index (κ2) is 7.04. The molecule has 21 heavy (non-hydrogen) atoms. The van der Waals surface area contributed by atoms with Gasteiger partial charge < -0.3 is 9.84 Å². The maximum atomic E-state index is 11.7. The molecule has 0 unspecified atom stereocenters. The minimum atomic E-state index is -0.139. The van der Waals surface area contributed by atoms with Crippen LogP contribution in [-0.4, -0.2) is 16.0 Å². The number of hydrogen-bond donors (Lipinski definition) is 1. The zero-order valence-electron chi connectivity index (χ0n) is 11.9. The molecule has 6 heteroatoms. The first kappa shape index (κ1) is 15.3. The van der Waals surface area contributed by atoms with Crippen molar-refractivity contribution in [2.45, 2.75) is 26.8 Å². The Kier molecular flexibility index (Phi) is 5.11. The average Bonchev–Trinajstić information content (AvgIpc) is 2.94. The molecule has 0 spiro atoms. The van der Waals surface area contributed by atoms with Crippen LogP contribution < -0.4 is 5.32 Å². The maximum absolute atomic E-state index is 11.7. The van der Waals surface area contributed by atoms with Gasteiger partial charge in [0.2, 0.25) is 17.6 Å². The third-order valence-corrected chi connectivity index (χ3v) is 3.05. The Morgan fingerprint density at radius 3 is 3.00 bits per heavy atom. The van der Waals surface area contributed by atoms with E-state index in [4.69, 9.17) is 16.1 Å². The highest BCUT2D eigenvalue weighted by molar-refractivity contribution is 6.30. The van der Waals surface area contributed by atoms with Crippen LogP contribution in [0.25, 0.3) is 11.4 Å². The van der Waals surface area contributed by atoms with Crippen molar-refractivity contribution in [2.24, 2.45) is 0 Å². The largest absolute Gasteiger partial charge is 0.343 e. The minimum absolute atomic E-state index is 0.139. The highest BCUT2D eigenvalue weighted by atomic mass is 35.5. The quantitative estimate of drug-likeness (QED) is 0.860. The van der Waals surface area contributed by atoms with Gasteiger partial charge in [-0.15, -0.1) is 0 Å². The molecule has 5 nitrogen and oxygen atoms in total. The molecule has 0 atom stereocenters. The molecule has 0 aliphatic rings. The normalized spacial score (nSPS) is 11.5. The number of rotatable bonds is 5. The molecular formula is C15H16ClN3O2. The van der Waals surface area contributed by atoms with Gasteiger partial charge in [-0.05, 0) is 25.5 Å². The number of aromatic nitrogens is 2. The Morgan fingerprint density at radius 1 is 1.48 bits per heavy atom. The molecule has 1 heterocycles. The van der Waals surface area contributed by atoms with Crippen LogP contribution in [0, 0.1) is 0 Å². The molecule has 0 aliphatic heterocycles. The summed E-state index contributed by atoms with van der Waals surface area (Å²) in [5.41, 5.74) is 1.44. The molecule has 0 bridgehead atoms. The van der Waals surface area contributed by atoms with Gasteiger partial charge in [-0.1, -0.05) is 41.9 Å². The number of amides is 1. The molecule has 110 valence electrons. The smallest absolute Gasteiger partial charge is 0.247 e. The Hall–Kier alpha value is -2.14. The first-order valence-corrected chi connectivity index (χ1v) is 7.01. The summed E-state index contributed by atoms with van der Waals surface area (Å²) in [7, 11) is 0. The summed E-state index contributed by atoms with van der Waals surface area (Å²) in [6.07, 6.45) is 2.68. The minimum Gasteiger partial charge on any atom is -0.343 e. The first-order chi connectivity index (χ1) is 10.1. The second-order valence-electron chi connectivity index (χ2n) is 4.50. The van der Waals surface area contributed by atoms with Crippen LogP contribution in [0.1, 0.15) is 26.2 Å². The van der Waals surface area contributed by atoms with Gasteiger partial charge in [0.15, 0.2) is 0 Å². The predicted molar refractivity (Wildman–Crippen MR) is 80.6 cm³/mol. The van der Waals surface area contributed by atoms with E-state index in [0.717, 1.165) is 12.0 Å². The Labute approximate surface area is 128 Å². The third kappa shape index (κ3) is 4.16.